The van der Waals surface area contributed by atoms with Gasteiger partial charge in [-0.3, -0.25) is 4.79 Å². The van der Waals surface area contributed by atoms with Crippen molar-refractivity contribution in [3.63, 3.8) is 0 Å². The van der Waals surface area contributed by atoms with Gasteiger partial charge in [0.1, 0.15) is 5.69 Å². The number of anilines is 1. The number of hydrogen-bond donors (Lipinski definition) is 0. The first-order valence-corrected chi connectivity index (χ1v) is 10.4. The average Bonchev–Trinajstić information content (AvgIpc) is 2.93. The van der Waals surface area contributed by atoms with Gasteiger partial charge in [-0.05, 0) is 31.9 Å². The molecule has 0 saturated carbocycles. The summed E-state index contributed by atoms with van der Waals surface area (Å²) in [6.07, 6.45) is 4.46. The molecule has 1 atom stereocenters. The molecule has 1 aromatic rings. The Morgan fingerprint density at radius 2 is 2.08 bits per heavy atom. The van der Waals surface area contributed by atoms with Crippen molar-refractivity contribution < 1.29 is 13.2 Å². The SMILES string of the molecule is CCCCN(C)c1ccc(C(=O)N(CC)C2CCS(=O)(=O)C2)nc1. The molecule has 1 fully saturated rings. The Hall–Kier alpha value is -1.63. The van der Waals surface area contributed by atoms with Crippen molar-refractivity contribution in [2.24, 2.45) is 0 Å². The molecule has 1 aliphatic heterocycles. The monoisotopic (exact) mass is 353 g/mol. The van der Waals surface area contributed by atoms with Crippen molar-refractivity contribution in [1.29, 1.82) is 0 Å². The highest BCUT2D eigenvalue weighted by molar-refractivity contribution is 7.91. The highest BCUT2D eigenvalue weighted by Gasteiger charge is 2.34. The first-order chi connectivity index (χ1) is 11.4. The summed E-state index contributed by atoms with van der Waals surface area (Å²) < 4.78 is 23.3. The third kappa shape index (κ3) is 4.47. The third-order valence-electron chi connectivity index (χ3n) is 4.51. The van der Waals surface area contributed by atoms with E-state index in [2.05, 4.69) is 16.8 Å². The quantitative estimate of drug-likeness (QED) is 0.749. The van der Waals surface area contributed by atoms with Crippen LogP contribution in [0.3, 0.4) is 0 Å². The summed E-state index contributed by atoms with van der Waals surface area (Å²) in [5, 5.41) is 0. The lowest BCUT2D eigenvalue weighted by atomic mass is 10.2. The maximum absolute atomic E-state index is 12.7. The normalized spacial score (nSPS) is 19.2. The number of unbranched alkanes of at least 4 members (excludes halogenated alkanes) is 1. The van der Waals surface area contributed by atoms with Crippen molar-refractivity contribution >= 4 is 21.4 Å². The molecule has 1 aliphatic rings. The molecular formula is C17H27N3O3S. The highest BCUT2D eigenvalue weighted by Crippen LogP contribution is 2.20. The van der Waals surface area contributed by atoms with E-state index in [0.717, 1.165) is 25.1 Å². The van der Waals surface area contributed by atoms with Crippen LogP contribution in [0.5, 0.6) is 0 Å². The predicted molar refractivity (Wildman–Crippen MR) is 96.2 cm³/mol. The van der Waals surface area contributed by atoms with E-state index in [4.69, 9.17) is 0 Å². The summed E-state index contributed by atoms with van der Waals surface area (Å²) in [5.41, 5.74) is 1.35. The van der Waals surface area contributed by atoms with Crippen molar-refractivity contribution in [3.05, 3.63) is 24.0 Å². The van der Waals surface area contributed by atoms with Gasteiger partial charge in [0, 0.05) is 26.2 Å². The van der Waals surface area contributed by atoms with Gasteiger partial charge in [0.2, 0.25) is 0 Å². The lowest BCUT2D eigenvalue weighted by Gasteiger charge is -2.26. The Morgan fingerprint density at radius 3 is 2.58 bits per heavy atom. The summed E-state index contributed by atoms with van der Waals surface area (Å²) in [5.74, 6) is 0.0304. The van der Waals surface area contributed by atoms with Gasteiger partial charge in [0.25, 0.3) is 5.91 Å². The van der Waals surface area contributed by atoms with Gasteiger partial charge in [-0.25, -0.2) is 13.4 Å². The number of carbonyl (C=O) groups is 1. The molecule has 0 N–H and O–H groups in total. The smallest absolute Gasteiger partial charge is 0.272 e. The van der Waals surface area contributed by atoms with E-state index in [9.17, 15) is 13.2 Å². The minimum absolute atomic E-state index is 0.0599. The first-order valence-electron chi connectivity index (χ1n) is 8.56. The molecule has 1 saturated heterocycles. The topological polar surface area (TPSA) is 70.6 Å². The molecule has 1 amide bonds. The largest absolute Gasteiger partial charge is 0.373 e. The van der Waals surface area contributed by atoms with Gasteiger partial charge < -0.3 is 9.80 Å². The van der Waals surface area contributed by atoms with Crippen molar-refractivity contribution in [3.8, 4) is 0 Å². The molecule has 1 aromatic heterocycles. The van der Waals surface area contributed by atoms with Crippen LogP contribution in [0.25, 0.3) is 0 Å². The molecule has 0 aromatic carbocycles. The van der Waals surface area contributed by atoms with E-state index < -0.39 is 9.84 Å². The summed E-state index contributed by atoms with van der Waals surface area (Å²) in [6, 6.07) is 3.39. The third-order valence-corrected chi connectivity index (χ3v) is 6.26. The van der Waals surface area contributed by atoms with Crippen LogP contribution in [-0.2, 0) is 9.84 Å². The Balaban J connectivity index is 2.08. The zero-order valence-corrected chi connectivity index (χ0v) is 15.6. The molecule has 134 valence electrons. The maximum Gasteiger partial charge on any atom is 0.272 e. The van der Waals surface area contributed by atoms with Gasteiger partial charge in [0.15, 0.2) is 9.84 Å². The fourth-order valence-corrected chi connectivity index (χ4v) is 4.73. The van der Waals surface area contributed by atoms with E-state index in [1.807, 2.05) is 20.0 Å². The van der Waals surface area contributed by atoms with E-state index in [1.54, 1.807) is 17.2 Å². The van der Waals surface area contributed by atoms with Gasteiger partial charge in [-0.2, -0.15) is 0 Å². The Morgan fingerprint density at radius 1 is 1.33 bits per heavy atom. The van der Waals surface area contributed by atoms with Crippen molar-refractivity contribution in [2.45, 2.75) is 39.2 Å². The van der Waals surface area contributed by atoms with Gasteiger partial charge >= 0.3 is 0 Å². The van der Waals surface area contributed by atoms with Crippen LogP contribution in [0.1, 0.15) is 43.6 Å². The summed E-state index contributed by atoms with van der Waals surface area (Å²) in [7, 11) is -1.00. The standard InChI is InChI=1S/C17H27N3O3S/c1-4-6-10-19(3)14-7-8-16(18-12-14)17(21)20(5-2)15-9-11-24(22,23)13-15/h7-8,12,15H,4-6,9-11,13H2,1-3H3. The lowest BCUT2D eigenvalue weighted by Crippen LogP contribution is -2.41. The average molecular weight is 353 g/mol. The number of amides is 1. The Kier molecular flexibility index (Phi) is 6.21. The van der Waals surface area contributed by atoms with Crippen LogP contribution in [0.4, 0.5) is 5.69 Å². The number of rotatable bonds is 7. The van der Waals surface area contributed by atoms with Crippen molar-refractivity contribution in [2.75, 3.05) is 36.5 Å². The Bertz CT molecular complexity index is 658. The molecule has 0 radical (unpaired) electrons. The Labute approximate surface area is 144 Å². The van der Waals surface area contributed by atoms with E-state index in [0.29, 0.717) is 18.7 Å². The van der Waals surface area contributed by atoms with E-state index in [1.165, 1.54) is 0 Å². The van der Waals surface area contributed by atoms with E-state index >= 15 is 0 Å². The zero-order valence-electron chi connectivity index (χ0n) is 14.7. The molecule has 6 nitrogen and oxygen atoms in total. The van der Waals surface area contributed by atoms with Gasteiger partial charge in [-0.1, -0.05) is 13.3 Å². The van der Waals surface area contributed by atoms with Gasteiger partial charge in [-0.15, -0.1) is 0 Å². The number of carbonyl (C=O) groups excluding carboxylic acids is 1. The molecule has 2 rings (SSSR count). The molecule has 24 heavy (non-hydrogen) atoms. The van der Waals surface area contributed by atoms with E-state index in [-0.39, 0.29) is 23.5 Å². The molecule has 1 unspecified atom stereocenters. The number of aromatic nitrogens is 1. The number of pyridine rings is 1. The molecule has 0 bridgehead atoms. The zero-order chi connectivity index (χ0) is 17.7. The fraction of sp³-hybridized carbons (Fsp3) is 0.647. The molecular weight excluding hydrogens is 326 g/mol. The van der Waals surface area contributed by atoms with Crippen LogP contribution in [0.2, 0.25) is 0 Å². The van der Waals surface area contributed by atoms with Crippen LogP contribution < -0.4 is 4.90 Å². The van der Waals surface area contributed by atoms with Crippen LogP contribution in [0, 0.1) is 0 Å². The van der Waals surface area contributed by atoms with Crippen molar-refractivity contribution in [1.82, 2.24) is 9.88 Å². The maximum atomic E-state index is 12.7. The minimum atomic E-state index is -3.01. The fourth-order valence-electron chi connectivity index (χ4n) is 3.00. The second-order valence-corrected chi connectivity index (χ2v) is 8.55. The second kappa shape index (κ2) is 7.96. The van der Waals surface area contributed by atoms with Crippen LogP contribution in [0.15, 0.2) is 18.3 Å². The lowest BCUT2D eigenvalue weighted by molar-refractivity contribution is 0.0702. The predicted octanol–water partition coefficient (Wildman–Crippen LogP) is 1.97. The highest BCUT2D eigenvalue weighted by atomic mass is 32.2. The molecule has 0 aliphatic carbocycles. The first kappa shape index (κ1) is 18.7. The van der Waals surface area contributed by atoms with Crippen LogP contribution >= 0.6 is 0 Å². The number of hydrogen-bond acceptors (Lipinski definition) is 5. The molecule has 7 heteroatoms. The van der Waals surface area contributed by atoms with Gasteiger partial charge in [0.05, 0.1) is 23.4 Å². The molecule has 0 spiro atoms. The second-order valence-electron chi connectivity index (χ2n) is 6.32. The minimum Gasteiger partial charge on any atom is -0.373 e. The summed E-state index contributed by atoms with van der Waals surface area (Å²) in [4.78, 5) is 20.7. The van der Waals surface area contributed by atoms with Crippen LogP contribution in [-0.4, -0.2) is 61.9 Å². The number of sulfone groups is 1. The number of nitrogens with zero attached hydrogens (tertiary/aromatic N) is 3. The summed E-state index contributed by atoms with van der Waals surface area (Å²) >= 11 is 0. The summed E-state index contributed by atoms with van der Waals surface area (Å²) in [6.45, 7) is 5.46. The molecule has 2 heterocycles.